The molecule has 146 valence electrons. The lowest BCUT2D eigenvalue weighted by molar-refractivity contribution is -0.115. The van der Waals surface area contributed by atoms with Crippen molar-refractivity contribution in [1.29, 1.82) is 0 Å². The first-order valence-corrected chi connectivity index (χ1v) is 9.10. The summed E-state index contributed by atoms with van der Waals surface area (Å²) in [5.41, 5.74) is -0.0227. The fraction of sp³-hybridized carbons (Fsp3) is 0.238. The van der Waals surface area contributed by atoms with Gasteiger partial charge in [-0.3, -0.25) is 9.59 Å². The standard InChI is InChI=1S/C21H20ClFN2O3/c1-21(2,12-26)25-9-8-14-15(20(25)28)4-3-5-18(14)24-19(27)11-13-6-7-16(22)17(23)10-13/h3-10,26H,11-12H2,1-2H3,(H,24,27). The minimum Gasteiger partial charge on any atom is -0.394 e. The number of nitrogens with zero attached hydrogens (tertiary/aromatic N) is 1. The van der Waals surface area contributed by atoms with E-state index in [1.54, 1.807) is 50.4 Å². The van der Waals surface area contributed by atoms with E-state index in [9.17, 15) is 19.1 Å². The van der Waals surface area contributed by atoms with Gasteiger partial charge in [0, 0.05) is 22.7 Å². The van der Waals surface area contributed by atoms with Gasteiger partial charge < -0.3 is 15.0 Å². The summed E-state index contributed by atoms with van der Waals surface area (Å²) in [6, 6.07) is 11.0. The Kier molecular flexibility index (Phi) is 5.54. The molecular weight excluding hydrogens is 383 g/mol. The van der Waals surface area contributed by atoms with E-state index in [-0.39, 0.29) is 29.5 Å². The minimum absolute atomic E-state index is 0.000273. The van der Waals surface area contributed by atoms with E-state index in [0.29, 0.717) is 22.0 Å². The highest BCUT2D eigenvalue weighted by molar-refractivity contribution is 6.30. The Labute approximate surface area is 166 Å². The van der Waals surface area contributed by atoms with Crippen LogP contribution in [0.2, 0.25) is 5.02 Å². The van der Waals surface area contributed by atoms with Crippen LogP contribution in [0.15, 0.2) is 53.5 Å². The van der Waals surface area contributed by atoms with E-state index in [1.165, 1.54) is 16.7 Å². The molecule has 0 bridgehead atoms. The Balaban J connectivity index is 1.91. The highest BCUT2D eigenvalue weighted by atomic mass is 35.5. The van der Waals surface area contributed by atoms with E-state index < -0.39 is 11.4 Å². The molecule has 0 aliphatic carbocycles. The molecule has 0 aliphatic rings. The van der Waals surface area contributed by atoms with Gasteiger partial charge in [-0.1, -0.05) is 23.7 Å². The van der Waals surface area contributed by atoms with Crippen LogP contribution >= 0.6 is 11.6 Å². The van der Waals surface area contributed by atoms with E-state index in [4.69, 9.17) is 11.6 Å². The van der Waals surface area contributed by atoms with Gasteiger partial charge in [0.2, 0.25) is 5.91 Å². The summed E-state index contributed by atoms with van der Waals surface area (Å²) in [4.78, 5) is 25.2. The SMILES string of the molecule is CC(C)(CO)n1ccc2c(NC(=O)Cc3ccc(Cl)c(F)c3)cccc2c1=O. The van der Waals surface area contributed by atoms with Crippen molar-refractivity contribution in [3.8, 4) is 0 Å². The average molecular weight is 403 g/mol. The molecule has 0 saturated heterocycles. The van der Waals surface area contributed by atoms with E-state index in [1.807, 2.05) is 0 Å². The molecule has 1 heterocycles. The fourth-order valence-corrected chi connectivity index (χ4v) is 3.09. The van der Waals surface area contributed by atoms with Gasteiger partial charge >= 0.3 is 0 Å². The molecule has 2 N–H and O–H groups in total. The third-order valence-corrected chi connectivity index (χ3v) is 4.91. The molecule has 5 nitrogen and oxygen atoms in total. The largest absolute Gasteiger partial charge is 0.394 e. The number of halogens is 2. The number of carbonyl (C=O) groups is 1. The van der Waals surface area contributed by atoms with E-state index >= 15 is 0 Å². The summed E-state index contributed by atoms with van der Waals surface area (Å²) in [6.07, 6.45) is 1.57. The summed E-state index contributed by atoms with van der Waals surface area (Å²) in [7, 11) is 0. The van der Waals surface area contributed by atoms with Crippen LogP contribution in [0.25, 0.3) is 10.8 Å². The molecule has 3 rings (SSSR count). The number of hydrogen-bond donors (Lipinski definition) is 2. The number of hydrogen-bond acceptors (Lipinski definition) is 3. The number of amides is 1. The van der Waals surface area contributed by atoms with Crippen molar-refractivity contribution in [3.63, 3.8) is 0 Å². The van der Waals surface area contributed by atoms with Crippen LogP contribution in [0.1, 0.15) is 19.4 Å². The zero-order chi connectivity index (χ0) is 20.5. The number of benzene rings is 2. The topological polar surface area (TPSA) is 71.3 Å². The van der Waals surface area contributed by atoms with Gasteiger partial charge in [0.1, 0.15) is 5.82 Å². The van der Waals surface area contributed by atoms with Gasteiger partial charge in [-0.15, -0.1) is 0 Å². The van der Waals surface area contributed by atoms with Crippen molar-refractivity contribution >= 4 is 34.0 Å². The highest BCUT2D eigenvalue weighted by Gasteiger charge is 2.21. The zero-order valence-electron chi connectivity index (χ0n) is 15.5. The predicted molar refractivity (Wildman–Crippen MR) is 108 cm³/mol. The lowest BCUT2D eigenvalue weighted by Gasteiger charge is -2.25. The first kappa shape index (κ1) is 20.0. The van der Waals surface area contributed by atoms with Gasteiger partial charge in [-0.2, -0.15) is 0 Å². The molecule has 0 atom stereocenters. The Bertz CT molecular complexity index is 1110. The summed E-state index contributed by atoms with van der Waals surface area (Å²) in [5.74, 6) is -0.918. The molecule has 0 fully saturated rings. The van der Waals surface area contributed by atoms with Crippen LogP contribution in [0.4, 0.5) is 10.1 Å². The summed E-state index contributed by atoms with van der Waals surface area (Å²) >= 11 is 5.66. The van der Waals surface area contributed by atoms with Crippen LogP contribution in [-0.2, 0) is 16.8 Å². The molecular formula is C21H20ClFN2O3. The van der Waals surface area contributed by atoms with Crippen molar-refractivity contribution in [2.45, 2.75) is 25.8 Å². The van der Waals surface area contributed by atoms with Gasteiger partial charge in [-0.05, 0) is 49.7 Å². The van der Waals surface area contributed by atoms with E-state index in [0.717, 1.165) is 0 Å². The number of rotatable bonds is 5. The Morgan fingerprint density at radius 1 is 1.21 bits per heavy atom. The van der Waals surface area contributed by atoms with Gasteiger partial charge in [-0.25, -0.2) is 4.39 Å². The number of fused-ring (bicyclic) bond motifs is 1. The molecule has 0 saturated carbocycles. The lowest BCUT2D eigenvalue weighted by atomic mass is 10.0. The Morgan fingerprint density at radius 2 is 1.96 bits per heavy atom. The van der Waals surface area contributed by atoms with Crippen molar-refractivity contribution in [2.24, 2.45) is 0 Å². The Morgan fingerprint density at radius 3 is 2.64 bits per heavy atom. The van der Waals surface area contributed by atoms with Crippen molar-refractivity contribution in [2.75, 3.05) is 11.9 Å². The molecule has 7 heteroatoms. The van der Waals surface area contributed by atoms with Crippen LogP contribution < -0.4 is 10.9 Å². The number of aliphatic hydroxyl groups excluding tert-OH is 1. The quantitative estimate of drug-likeness (QED) is 0.683. The third-order valence-electron chi connectivity index (χ3n) is 4.61. The molecule has 28 heavy (non-hydrogen) atoms. The van der Waals surface area contributed by atoms with Crippen LogP contribution in [0.3, 0.4) is 0 Å². The second-order valence-corrected chi connectivity index (χ2v) is 7.61. The molecule has 2 aromatic carbocycles. The normalized spacial score (nSPS) is 11.6. The number of pyridine rings is 1. The maximum Gasteiger partial charge on any atom is 0.259 e. The molecule has 0 aliphatic heterocycles. The molecule has 0 unspecified atom stereocenters. The predicted octanol–water partition coefficient (Wildman–Crippen LogP) is 3.70. The fourth-order valence-electron chi connectivity index (χ4n) is 2.97. The minimum atomic E-state index is -0.747. The molecule has 3 aromatic rings. The van der Waals surface area contributed by atoms with Crippen molar-refractivity contribution in [3.05, 3.63) is 75.4 Å². The van der Waals surface area contributed by atoms with E-state index in [2.05, 4.69) is 5.32 Å². The first-order valence-electron chi connectivity index (χ1n) is 8.72. The smallest absolute Gasteiger partial charge is 0.259 e. The van der Waals surface area contributed by atoms with Crippen molar-refractivity contribution < 1.29 is 14.3 Å². The second-order valence-electron chi connectivity index (χ2n) is 7.20. The average Bonchev–Trinajstić information content (AvgIpc) is 2.65. The summed E-state index contributed by atoms with van der Waals surface area (Å²) in [6.45, 7) is 3.33. The van der Waals surface area contributed by atoms with Crippen LogP contribution in [0.5, 0.6) is 0 Å². The number of aromatic nitrogens is 1. The lowest BCUT2D eigenvalue weighted by Crippen LogP contribution is -2.38. The number of carbonyl (C=O) groups excluding carboxylic acids is 1. The molecule has 0 radical (unpaired) electrons. The summed E-state index contributed by atoms with van der Waals surface area (Å²) in [5, 5.41) is 13.3. The Hall–Kier alpha value is -2.70. The third kappa shape index (κ3) is 3.93. The van der Waals surface area contributed by atoms with Crippen molar-refractivity contribution in [1.82, 2.24) is 4.57 Å². The number of anilines is 1. The maximum atomic E-state index is 13.6. The van der Waals surface area contributed by atoms with Crippen LogP contribution in [-0.4, -0.2) is 22.2 Å². The number of aliphatic hydroxyl groups is 1. The monoisotopic (exact) mass is 402 g/mol. The summed E-state index contributed by atoms with van der Waals surface area (Å²) < 4.78 is 15.0. The maximum absolute atomic E-state index is 13.6. The zero-order valence-corrected chi connectivity index (χ0v) is 16.3. The number of nitrogens with one attached hydrogen (secondary N) is 1. The van der Waals surface area contributed by atoms with Crippen LogP contribution in [0, 0.1) is 5.82 Å². The molecule has 1 amide bonds. The van der Waals surface area contributed by atoms with Gasteiger partial charge in [0.15, 0.2) is 0 Å². The van der Waals surface area contributed by atoms with Gasteiger partial charge in [0.05, 0.1) is 23.6 Å². The molecule has 0 spiro atoms. The second kappa shape index (κ2) is 7.73. The highest BCUT2D eigenvalue weighted by Crippen LogP contribution is 2.23. The van der Waals surface area contributed by atoms with Gasteiger partial charge in [0.25, 0.3) is 5.56 Å². The first-order chi connectivity index (χ1) is 13.2. The molecule has 1 aromatic heterocycles.